The molecule has 1 amide bonds. The fraction of sp³-hybridized carbons (Fsp3) is 0.909. The minimum atomic E-state index is -0.467. The maximum atomic E-state index is 11.7. The molecule has 0 rings (SSSR count). The van der Waals surface area contributed by atoms with E-state index in [2.05, 4.69) is 6.92 Å². The zero-order chi connectivity index (χ0) is 20.2. The van der Waals surface area contributed by atoms with E-state index in [0.717, 1.165) is 25.7 Å². The summed E-state index contributed by atoms with van der Waals surface area (Å²) < 4.78 is 10.2. The van der Waals surface area contributed by atoms with Crippen molar-refractivity contribution < 1.29 is 19.1 Å². The number of likely N-dealkylation sites (N-methyl/N-ethyl adjacent to an activating group) is 1. The van der Waals surface area contributed by atoms with Gasteiger partial charge in [0.2, 0.25) is 0 Å². The quantitative estimate of drug-likeness (QED) is 0.211. The van der Waals surface area contributed by atoms with E-state index in [9.17, 15) is 9.59 Å². The van der Waals surface area contributed by atoms with E-state index in [0.29, 0.717) is 13.2 Å². The Morgan fingerprint density at radius 3 is 1.59 bits per heavy atom. The van der Waals surface area contributed by atoms with Crippen LogP contribution in [-0.4, -0.2) is 43.8 Å². The van der Waals surface area contributed by atoms with E-state index in [-0.39, 0.29) is 12.5 Å². The Labute approximate surface area is 167 Å². The summed E-state index contributed by atoms with van der Waals surface area (Å²) in [6.07, 6.45) is 16.7. The van der Waals surface area contributed by atoms with E-state index < -0.39 is 6.09 Å². The third kappa shape index (κ3) is 17.9. The summed E-state index contributed by atoms with van der Waals surface area (Å²) >= 11 is 0. The maximum Gasteiger partial charge on any atom is 0.410 e. The van der Waals surface area contributed by atoms with Crippen molar-refractivity contribution in [1.29, 1.82) is 0 Å². The van der Waals surface area contributed by atoms with Gasteiger partial charge in [0.1, 0.15) is 6.54 Å². The van der Waals surface area contributed by atoms with Crippen LogP contribution in [0.5, 0.6) is 0 Å². The summed E-state index contributed by atoms with van der Waals surface area (Å²) in [5.41, 5.74) is 0. The van der Waals surface area contributed by atoms with E-state index in [1.54, 1.807) is 7.05 Å². The van der Waals surface area contributed by atoms with E-state index >= 15 is 0 Å². The Kier molecular flexibility index (Phi) is 18.6. The summed E-state index contributed by atoms with van der Waals surface area (Å²) in [6.45, 7) is 5.07. The van der Waals surface area contributed by atoms with E-state index in [1.807, 2.05) is 6.92 Å². The second-order valence-corrected chi connectivity index (χ2v) is 7.43. The number of ether oxygens (including phenoxy) is 2. The molecule has 5 nitrogen and oxygen atoms in total. The average Bonchev–Trinajstić information content (AvgIpc) is 2.65. The van der Waals surface area contributed by atoms with E-state index in [4.69, 9.17) is 9.47 Å². The first-order chi connectivity index (χ1) is 13.1. The predicted octanol–water partition coefficient (Wildman–Crippen LogP) is 6.10. The molecule has 160 valence electrons. The number of carbonyl (C=O) groups is 2. The second kappa shape index (κ2) is 19.5. The fourth-order valence-electron chi connectivity index (χ4n) is 2.85. The van der Waals surface area contributed by atoms with Gasteiger partial charge in [-0.25, -0.2) is 4.79 Å². The molecule has 0 aliphatic carbocycles. The topological polar surface area (TPSA) is 55.8 Å². The smallest absolute Gasteiger partial charge is 0.410 e. The number of hydrogen-bond donors (Lipinski definition) is 0. The number of esters is 1. The van der Waals surface area contributed by atoms with Crippen molar-refractivity contribution in [3.05, 3.63) is 0 Å². The molecule has 0 saturated heterocycles. The summed E-state index contributed by atoms with van der Waals surface area (Å²) in [5, 5.41) is 0. The highest BCUT2D eigenvalue weighted by atomic mass is 16.6. The van der Waals surface area contributed by atoms with Gasteiger partial charge in [0.15, 0.2) is 0 Å². The molecule has 0 N–H and O–H groups in total. The Morgan fingerprint density at radius 1 is 0.630 bits per heavy atom. The molecule has 0 spiro atoms. The highest BCUT2D eigenvalue weighted by Gasteiger charge is 2.14. The maximum absolute atomic E-state index is 11.7. The minimum absolute atomic E-state index is 0.0524. The molecular formula is C22H43NO4. The van der Waals surface area contributed by atoms with Crippen LogP contribution in [0.25, 0.3) is 0 Å². The van der Waals surface area contributed by atoms with Crippen molar-refractivity contribution in [2.24, 2.45) is 0 Å². The lowest BCUT2D eigenvalue weighted by molar-refractivity contribution is -0.144. The van der Waals surface area contributed by atoms with Crippen LogP contribution >= 0.6 is 0 Å². The number of amides is 1. The summed E-state index contributed by atoms with van der Waals surface area (Å²) in [7, 11) is 1.55. The molecule has 0 unspecified atom stereocenters. The van der Waals surface area contributed by atoms with Gasteiger partial charge in [-0.3, -0.25) is 4.79 Å². The molecule has 27 heavy (non-hydrogen) atoms. The van der Waals surface area contributed by atoms with Gasteiger partial charge in [0.05, 0.1) is 13.2 Å². The Balaban J connectivity index is 3.39. The number of carbonyl (C=O) groups excluding carboxylic acids is 2. The lowest BCUT2D eigenvalue weighted by Crippen LogP contribution is -2.33. The largest absolute Gasteiger partial charge is 0.464 e. The van der Waals surface area contributed by atoms with Crippen LogP contribution in [0.1, 0.15) is 104 Å². The van der Waals surface area contributed by atoms with Crippen molar-refractivity contribution >= 4 is 12.1 Å². The molecule has 0 fully saturated rings. The lowest BCUT2D eigenvalue weighted by atomic mass is 10.1. The fourth-order valence-corrected chi connectivity index (χ4v) is 2.85. The van der Waals surface area contributed by atoms with Gasteiger partial charge in [-0.15, -0.1) is 0 Å². The second-order valence-electron chi connectivity index (χ2n) is 7.43. The normalized spacial score (nSPS) is 10.6. The van der Waals surface area contributed by atoms with Crippen molar-refractivity contribution in [3.8, 4) is 0 Å². The summed E-state index contributed by atoms with van der Waals surface area (Å²) in [5.74, 6) is -0.368. The average molecular weight is 386 g/mol. The molecule has 0 radical (unpaired) electrons. The van der Waals surface area contributed by atoms with Gasteiger partial charge < -0.3 is 14.4 Å². The monoisotopic (exact) mass is 385 g/mol. The van der Waals surface area contributed by atoms with Crippen LogP contribution in [0.3, 0.4) is 0 Å². The van der Waals surface area contributed by atoms with Crippen molar-refractivity contribution in [3.63, 3.8) is 0 Å². The number of hydrogen-bond acceptors (Lipinski definition) is 4. The van der Waals surface area contributed by atoms with Crippen LogP contribution in [0.2, 0.25) is 0 Å². The molecule has 0 atom stereocenters. The van der Waals surface area contributed by atoms with Gasteiger partial charge >= 0.3 is 12.1 Å². The number of rotatable bonds is 18. The standard InChI is InChI=1S/C22H43NO4/c1-4-6-8-9-10-11-12-13-14-15-16-17-19-26-21(24)20-23(3)22(25)27-18-7-5-2/h4-20H2,1-3H3. The zero-order valence-electron chi connectivity index (χ0n) is 18.1. The van der Waals surface area contributed by atoms with Gasteiger partial charge in [-0.1, -0.05) is 90.9 Å². The minimum Gasteiger partial charge on any atom is -0.464 e. The zero-order valence-corrected chi connectivity index (χ0v) is 18.1. The highest BCUT2D eigenvalue weighted by Crippen LogP contribution is 2.11. The summed E-state index contributed by atoms with van der Waals surface area (Å²) in [6, 6.07) is 0. The molecule has 0 heterocycles. The molecule has 0 aromatic heterocycles. The molecule has 0 bridgehead atoms. The van der Waals surface area contributed by atoms with Crippen molar-refractivity contribution in [2.45, 2.75) is 104 Å². The van der Waals surface area contributed by atoms with Crippen LogP contribution < -0.4 is 0 Å². The molecule has 0 saturated carbocycles. The molecule has 0 aromatic carbocycles. The first kappa shape index (κ1) is 25.7. The number of nitrogens with zero attached hydrogens (tertiary/aromatic N) is 1. The summed E-state index contributed by atoms with van der Waals surface area (Å²) in [4.78, 5) is 24.6. The molecule has 0 aliphatic rings. The van der Waals surface area contributed by atoms with Crippen molar-refractivity contribution in [2.75, 3.05) is 26.8 Å². The number of unbranched alkanes of at least 4 members (excludes halogenated alkanes) is 12. The molecular weight excluding hydrogens is 342 g/mol. The Bertz CT molecular complexity index is 360. The van der Waals surface area contributed by atoms with Crippen LogP contribution in [-0.2, 0) is 14.3 Å². The van der Waals surface area contributed by atoms with Crippen LogP contribution in [0.4, 0.5) is 4.79 Å². The first-order valence-corrected chi connectivity index (χ1v) is 11.1. The molecule has 0 aliphatic heterocycles. The Hall–Kier alpha value is -1.26. The van der Waals surface area contributed by atoms with Gasteiger partial charge in [0, 0.05) is 7.05 Å². The predicted molar refractivity (Wildman–Crippen MR) is 111 cm³/mol. The van der Waals surface area contributed by atoms with Crippen LogP contribution in [0.15, 0.2) is 0 Å². The third-order valence-corrected chi connectivity index (χ3v) is 4.66. The van der Waals surface area contributed by atoms with Gasteiger partial charge in [-0.2, -0.15) is 0 Å². The lowest BCUT2D eigenvalue weighted by Gasteiger charge is -2.16. The SMILES string of the molecule is CCCCCCCCCCCCCCOC(=O)CN(C)C(=O)OCCCC. The molecule has 5 heteroatoms. The molecule has 0 aromatic rings. The first-order valence-electron chi connectivity index (χ1n) is 11.1. The van der Waals surface area contributed by atoms with Gasteiger partial charge in [-0.05, 0) is 12.8 Å². The van der Waals surface area contributed by atoms with E-state index in [1.165, 1.54) is 69.1 Å². The third-order valence-electron chi connectivity index (χ3n) is 4.66. The van der Waals surface area contributed by atoms with Crippen LogP contribution in [0, 0.1) is 0 Å². The van der Waals surface area contributed by atoms with Gasteiger partial charge in [0.25, 0.3) is 0 Å². The highest BCUT2D eigenvalue weighted by molar-refractivity contribution is 5.77. The van der Waals surface area contributed by atoms with Crippen molar-refractivity contribution in [1.82, 2.24) is 4.90 Å². The Morgan fingerprint density at radius 2 is 1.07 bits per heavy atom.